The molecule has 0 aliphatic heterocycles. The second-order valence-corrected chi connectivity index (χ2v) is 6.86. The highest BCUT2D eigenvalue weighted by Crippen LogP contribution is 2.23. The van der Waals surface area contributed by atoms with Crippen LogP contribution in [0.15, 0.2) is 48.5 Å². The third kappa shape index (κ3) is 7.06. The molecule has 0 aliphatic rings. The summed E-state index contributed by atoms with van der Waals surface area (Å²) in [5.74, 6) is 0.295. The van der Waals surface area contributed by atoms with E-state index >= 15 is 0 Å². The number of rotatable bonds is 8. The number of nitrogens with zero attached hydrogens (tertiary/aromatic N) is 1. The van der Waals surface area contributed by atoms with E-state index in [2.05, 4.69) is 10.6 Å². The zero-order chi connectivity index (χ0) is 20.5. The number of likely N-dealkylation sites (N-methyl/N-ethyl adjacent to an activating group) is 1. The van der Waals surface area contributed by atoms with Crippen molar-refractivity contribution in [3.05, 3.63) is 64.7 Å². The number of amides is 2. The molecule has 2 aromatic carbocycles. The topological polar surface area (TPSA) is 70.7 Å². The Labute approximate surface area is 170 Å². The van der Waals surface area contributed by atoms with Crippen LogP contribution in [-0.4, -0.2) is 44.5 Å². The van der Waals surface area contributed by atoms with E-state index in [0.717, 1.165) is 11.1 Å². The molecule has 2 rings (SSSR count). The van der Waals surface area contributed by atoms with Gasteiger partial charge in [0.1, 0.15) is 5.75 Å². The van der Waals surface area contributed by atoms with E-state index in [1.807, 2.05) is 38.4 Å². The Kier molecular flexibility index (Phi) is 8.04. The summed E-state index contributed by atoms with van der Waals surface area (Å²) in [7, 11) is 5.22. The number of anilines is 1. The normalized spacial score (nSPS) is 10.9. The Morgan fingerprint density at radius 2 is 1.96 bits per heavy atom. The van der Waals surface area contributed by atoms with Crippen molar-refractivity contribution in [2.75, 3.05) is 33.1 Å². The third-order valence-electron chi connectivity index (χ3n) is 3.74. The van der Waals surface area contributed by atoms with Crippen LogP contribution in [0.1, 0.15) is 11.1 Å². The van der Waals surface area contributed by atoms with Crippen molar-refractivity contribution in [3.8, 4) is 5.75 Å². The molecule has 2 amide bonds. The average molecular weight is 402 g/mol. The summed E-state index contributed by atoms with van der Waals surface area (Å²) in [6.45, 7) is 0.645. The standard InChI is InChI=1S/C21H24ClN3O3/c1-25(2)14-21(27)24-18-6-4-5-15(11-18)13-23-20(26)10-7-16-12-17(22)8-9-19(16)28-3/h4-12H,13-14H2,1-3H3,(H,23,26)(H,24,27). The molecular formula is C21H24ClN3O3. The van der Waals surface area contributed by atoms with E-state index in [1.54, 1.807) is 36.3 Å². The molecule has 148 valence electrons. The second kappa shape index (κ2) is 10.5. The number of hydrogen-bond donors (Lipinski definition) is 2. The van der Waals surface area contributed by atoms with Crippen LogP contribution in [0.2, 0.25) is 5.02 Å². The van der Waals surface area contributed by atoms with Crippen molar-refractivity contribution < 1.29 is 14.3 Å². The first-order chi connectivity index (χ1) is 13.4. The molecule has 2 aromatic rings. The van der Waals surface area contributed by atoms with Crippen molar-refractivity contribution in [3.63, 3.8) is 0 Å². The molecule has 0 saturated carbocycles. The summed E-state index contributed by atoms with van der Waals surface area (Å²) in [5, 5.41) is 6.21. The van der Waals surface area contributed by atoms with Crippen LogP contribution in [0.3, 0.4) is 0 Å². The molecule has 0 spiro atoms. The van der Waals surface area contributed by atoms with Crippen molar-refractivity contribution in [2.45, 2.75) is 6.54 Å². The molecule has 0 aliphatic carbocycles. The maximum absolute atomic E-state index is 12.1. The summed E-state index contributed by atoms with van der Waals surface area (Å²) in [5.41, 5.74) is 2.29. The van der Waals surface area contributed by atoms with Crippen LogP contribution in [0.25, 0.3) is 6.08 Å². The van der Waals surface area contributed by atoms with Gasteiger partial charge in [0, 0.05) is 28.9 Å². The highest BCUT2D eigenvalue weighted by Gasteiger charge is 2.05. The van der Waals surface area contributed by atoms with Gasteiger partial charge in [0.15, 0.2) is 0 Å². The predicted molar refractivity (Wildman–Crippen MR) is 113 cm³/mol. The summed E-state index contributed by atoms with van der Waals surface area (Å²) >= 11 is 5.99. The number of halogens is 1. The van der Waals surface area contributed by atoms with Crippen molar-refractivity contribution in [1.82, 2.24) is 10.2 Å². The lowest BCUT2D eigenvalue weighted by Crippen LogP contribution is -2.27. The predicted octanol–water partition coefficient (Wildman–Crippen LogP) is 3.18. The van der Waals surface area contributed by atoms with Crippen molar-refractivity contribution in [1.29, 1.82) is 0 Å². The number of benzene rings is 2. The average Bonchev–Trinajstić information content (AvgIpc) is 2.64. The number of carbonyl (C=O) groups excluding carboxylic acids is 2. The van der Waals surface area contributed by atoms with Gasteiger partial charge in [0.05, 0.1) is 13.7 Å². The van der Waals surface area contributed by atoms with Crippen LogP contribution in [0.5, 0.6) is 5.75 Å². The lowest BCUT2D eigenvalue weighted by molar-refractivity contribution is -0.117. The smallest absolute Gasteiger partial charge is 0.244 e. The Morgan fingerprint density at radius 3 is 2.68 bits per heavy atom. The monoisotopic (exact) mass is 401 g/mol. The van der Waals surface area contributed by atoms with E-state index < -0.39 is 0 Å². The number of nitrogens with one attached hydrogen (secondary N) is 2. The minimum atomic E-state index is -0.246. The zero-order valence-electron chi connectivity index (χ0n) is 16.2. The van der Waals surface area contributed by atoms with Crippen LogP contribution >= 0.6 is 11.6 Å². The molecule has 0 saturated heterocycles. The van der Waals surface area contributed by atoms with Crippen LogP contribution in [-0.2, 0) is 16.1 Å². The Morgan fingerprint density at radius 1 is 1.18 bits per heavy atom. The fourth-order valence-corrected chi connectivity index (χ4v) is 2.68. The molecule has 0 radical (unpaired) electrons. The number of methoxy groups -OCH3 is 1. The number of carbonyl (C=O) groups is 2. The van der Waals surface area contributed by atoms with Gasteiger partial charge >= 0.3 is 0 Å². The van der Waals surface area contributed by atoms with Gasteiger partial charge in [-0.25, -0.2) is 0 Å². The molecule has 0 heterocycles. The summed E-state index contributed by atoms with van der Waals surface area (Å²) < 4.78 is 5.25. The van der Waals surface area contributed by atoms with Gasteiger partial charge in [-0.05, 0) is 56.1 Å². The highest BCUT2D eigenvalue weighted by atomic mass is 35.5. The van der Waals surface area contributed by atoms with Gasteiger partial charge in [-0.2, -0.15) is 0 Å². The lowest BCUT2D eigenvalue weighted by atomic mass is 10.1. The maximum Gasteiger partial charge on any atom is 0.244 e. The van der Waals surface area contributed by atoms with E-state index in [-0.39, 0.29) is 11.8 Å². The molecule has 28 heavy (non-hydrogen) atoms. The van der Waals surface area contributed by atoms with Gasteiger partial charge in [-0.1, -0.05) is 23.7 Å². The minimum Gasteiger partial charge on any atom is -0.496 e. The first kappa shape index (κ1) is 21.5. The van der Waals surface area contributed by atoms with Crippen LogP contribution in [0, 0.1) is 0 Å². The summed E-state index contributed by atoms with van der Waals surface area (Å²) in [6, 6.07) is 12.6. The zero-order valence-corrected chi connectivity index (χ0v) is 16.9. The van der Waals surface area contributed by atoms with Crippen LogP contribution < -0.4 is 15.4 Å². The summed E-state index contributed by atoms with van der Waals surface area (Å²) in [4.78, 5) is 25.7. The quantitative estimate of drug-likeness (QED) is 0.666. The molecule has 0 atom stereocenters. The Balaban J connectivity index is 1.93. The largest absolute Gasteiger partial charge is 0.496 e. The molecule has 0 fully saturated rings. The summed E-state index contributed by atoms with van der Waals surface area (Å²) in [6.07, 6.45) is 3.08. The van der Waals surface area contributed by atoms with E-state index in [9.17, 15) is 9.59 Å². The van der Waals surface area contributed by atoms with E-state index in [0.29, 0.717) is 29.5 Å². The molecule has 0 aromatic heterocycles. The molecule has 2 N–H and O–H groups in total. The van der Waals surface area contributed by atoms with Crippen LogP contribution in [0.4, 0.5) is 5.69 Å². The fraction of sp³-hybridized carbons (Fsp3) is 0.238. The van der Waals surface area contributed by atoms with E-state index in [4.69, 9.17) is 16.3 Å². The maximum atomic E-state index is 12.1. The SMILES string of the molecule is COc1ccc(Cl)cc1C=CC(=O)NCc1cccc(NC(=O)CN(C)C)c1. The molecular weight excluding hydrogens is 378 g/mol. The first-order valence-corrected chi connectivity index (χ1v) is 9.08. The Hall–Kier alpha value is -2.83. The first-order valence-electron chi connectivity index (χ1n) is 8.70. The van der Waals surface area contributed by atoms with Gasteiger partial charge in [0.2, 0.25) is 11.8 Å². The Bertz CT molecular complexity index is 866. The van der Waals surface area contributed by atoms with Gasteiger partial charge < -0.3 is 20.3 Å². The van der Waals surface area contributed by atoms with Crippen molar-refractivity contribution >= 4 is 35.2 Å². The van der Waals surface area contributed by atoms with Crippen molar-refractivity contribution in [2.24, 2.45) is 0 Å². The van der Waals surface area contributed by atoms with Gasteiger partial charge in [0.25, 0.3) is 0 Å². The number of ether oxygens (including phenoxy) is 1. The van der Waals surface area contributed by atoms with E-state index in [1.165, 1.54) is 6.08 Å². The van der Waals surface area contributed by atoms with Gasteiger partial charge in [-0.3, -0.25) is 9.59 Å². The fourth-order valence-electron chi connectivity index (χ4n) is 2.50. The van der Waals surface area contributed by atoms with Gasteiger partial charge in [-0.15, -0.1) is 0 Å². The third-order valence-corrected chi connectivity index (χ3v) is 3.98. The highest BCUT2D eigenvalue weighted by molar-refractivity contribution is 6.30. The molecule has 0 unspecified atom stereocenters. The second-order valence-electron chi connectivity index (χ2n) is 6.42. The molecule has 7 heteroatoms. The molecule has 0 bridgehead atoms. The molecule has 6 nitrogen and oxygen atoms in total. The lowest BCUT2D eigenvalue weighted by Gasteiger charge is -2.11. The number of hydrogen-bond acceptors (Lipinski definition) is 4. The minimum absolute atomic E-state index is 0.0930.